The van der Waals surface area contributed by atoms with Crippen LogP contribution in [0.15, 0.2) is 48.9 Å². The summed E-state index contributed by atoms with van der Waals surface area (Å²) in [5.41, 5.74) is 2.44. The predicted octanol–water partition coefficient (Wildman–Crippen LogP) is 2.68. The van der Waals surface area contributed by atoms with Crippen molar-refractivity contribution in [1.82, 2.24) is 15.3 Å². The van der Waals surface area contributed by atoms with Gasteiger partial charge in [-0.1, -0.05) is 30.3 Å². The zero-order chi connectivity index (χ0) is 12.4. The normalized spacial score (nSPS) is 23.6. The van der Waals surface area contributed by atoms with Crippen molar-refractivity contribution in [3.05, 3.63) is 60.2 Å². The Morgan fingerprint density at radius 3 is 2.78 bits per heavy atom. The number of nitrogens with one attached hydrogen (secondary N) is 1. The van der Waals surface area contributed by atoms with Gasteiger partial charge in [-0.05, 0) is 18.9 Å². The molecule has 3 heteroatoms. The first-order chi connectivity index (χ1) is 8.84. The van der Waals surface area contributed by atoms with Gasteiger partial charge in [-0.15, -0.1) is 0 Å². The van der Waals surface area contributed by atoms with Gasteiger partial charge in [0.15, 0.2) is 0 Å². The molecule has 0 bridgehead atoms. The molecule has 3 unspecified atom stereocenters. The number of aromatic nitrogens is 2. The Kier molecular flexibility index (Phi) is 3.07. The van der Waals surface area contributed by atoms with Gasteiger partial charge in [0.1, 0.15) is 0 Å². The lowest BCUT2D eigenvalue weighted by Crippen LogP contribution is -2.23. The van der Waals surface area contributed by atoms with Gasteiger partial charge >= 0.3 is 0 Å². The van der Waals surface area contributed by atoms with Crippen molar-refractivity contribution in [3.63, 3.8) is 0 Å². The Morgan fingerprint density at radius 2 is 2.06 bits per heavy atom. The van der Waals surface area contributed by atoms with E-state index in [0.29, 0.717) is 12.0 Å². The molecule has 1 aliphatic rings. The van der Waals surface area contributed by atoms with Gasteiger partial charge in [0.25, 0.3) is 0 Å². The summed E-state index contributed by atoms with van der Waals surface area (Å²) in [5, 5.41) is 3.62. The highest BCUT2D eigenvalue weighted by Gasteiger charge is 2.38. The van der Waals surface area contributed by atoms with Crippen LogP contribution >= 0.6 is 0 Å². The summed E-state index contributed by atoms with van der Waals surface area (Å²) >= 11 is 0. The molecule has 0 amide bonds. The molecule has 2 aromatic rings. The third-order valence-electron chi connectivity index (χ3n) is 3.51. The molecule has 0 saturated heterocycles. The van der Waals surface area contributed by atoms with Crippen molar-refractivity contribution < 1.29 is 0 Å². The van der Waals surface area contributed by atoms with E-state index >= 15 is 0 Å². The predicted molar refractivity (Wildman–Crippen MR) is 71.2 cm³/mol. The largest absolute Gasteiger partial charge is 0.305 e. The van der Waals surface area contributed by atoms with Crippen LogP contribution < -0.4 is 5.32 Å². The third-order valence-corrected chi connectivity index (χ3v) is 3.51. The summed E-state index contributed by atoms with van der Waals surface area (Å²) in [4.78, 5) is 8.44. The van der Waals surface area contributed by atoms with Crippen LogP contribution in [0, 0.1) is 0 Å². The molecule has 1 aromatic carbocycles. The van der Waals surface area contributed by atoms with E-state index in [9.17, 15) is 0 Å². The Hall–Kier alpha value is -1.74. The lowest BCUT2D eigenvalue weighted by molar-refractivity contribution is 0.548. The maximum Gasteiger partial charge on any atom is 0.0753 e. The van der Waals surface area contributed by atoms with Gasteiger partial charge in [-0.25, -0.2) is 0 Å². The Morgan fingerprint density at radius 1 is 1.22 bits per heavy atom. The van der Waals surface area contributed by atoms with E-state index in [1.165, 1.54) is 12.0 Å². The molecule has 92 valence electrons. The van der Waals surface area contributed by atoms with Crippen LogP contribution in [-0.2, 0) is 0 Å². The van der Waals surface area contributed by atoms with E-state index in [4.69, 9.17) is 0 Å². The molecule has 1 aromatic heterocycles. The molecular weight excluding hydrogens is 222 g/mol. The standard InChI is InChI=1S/C15H17N3/c1-11(15-10-16-7-8-17-15)18-14-9-13(14)12-5-3-2-4-6-12/h2-8,10-11,13-14,18H,9H2,1H3. The van der Waals surface area contributed by atoms with E-state index in [0.717, 1.165) is 5.69 Å². The van der Waals surface area contributed by atoms with Crippen LogP contribution in [-0.4, -0.2) is 16.0 Å². The van der Waals surface area contributed by atoms with Crippen LogP contribution in [0.3, 0.4) is 0 Å². The summed E-state index contributed by atoms with van der Waals surface area (Å²) in [7, 11) is 0. The number of hydrogen-bond acceptors (Lipinski definition) is 3. The van der Waals surface area contributed by atoms with Gasteiger partial charge in [0.2, 0.25) is 0 Å². The topological polar surface area (TPSA) is 37.8 Å². The Bertz CT molecular complexity index is 498. The fourth-order valence-corrected chi connectivity index (χ4v) is 2.39. The second-order valence-corrected chi connectivity index (χ2v) is 4.88. The second-order valence-electron chi connectivity index (χ2n) is 4.88. The van der Waals surface area contributed by atoms with Crippen LogP contribution in [0.2, 0.25) is 0 Å². The first kappa shape index (κ1) is 11.4. The van der Waals surface area contributed by atoms with Crippen LogP contribution in [0.5, 0.6) is 0 Å². The smallest absolute Gasteiger partial charge is 0.0753 e. The average Bonchev–Trinajstić information content (AvgIpc) is 3.20. The van der Waals surface area contributed by atoms with E-state index in [1.807, 2.05) is 6.20 Å². The molecule has 3 nitrogen and oxygen atoms in total. The van der Waals surface area contributed by atoms with Gasteiger partial charge in [-0.2, -0.15) is 0 Å². The molecule has 1 N–H and O–H groups in total. The molecule has 3 rings (SSSR count). The van der Waals surface area contributed by atoms with Crippen molar-refractivity contribution in [3.8, 4) is 0 Å². The molecule has 0 radical (unpaired) electrons. The summed E-state index contributed by atoms with van der Waals surface area (Å²) in [6.45, 7) is 2.14. The van der Waals surface area contributed by atoms with Crippen molar-refractivity contribution in [1.29, 1.82) is 0 Å². The zero-order valence-electron chi connectivity index (χ0n) is 10.5. The van der Waals surface area contributed by atoms with E-state index < -0.39 is 0 Å². The van der Waals surface area contributed by atoms with E-state index in [1.54, 1.807) is 12.4 Å². The lowest BCUT2D eigenvalue weighted by atomic mass is 10.1. The van der Waals surface area contributed by atoms with Crippen LogP contribution in [0.25, 0.3) is 0 Å². The highest BCUT2D eigenvalue weighted by molar-refractivity contribution is 5.28. The second kappa shape index (κ2) is 4.86. The minimum absolute atomic E-state index is 0.261. The number of nitrogens with zero attached hydrogens (tertiary/aromatic N) is 2. The molecule has 1 aliphatic carbocycles. The van der Waals surface area contributed by atoms with Crippen molar-refractivity contribution >= 4 is 0 Å². The molecule has 0 aliphatic heterocycles. The summed E-state index contributed by atoms with van der Waals surface area (Å²) in [6.07, 6.45) is 6.50. The lowest BCUT2D eigenvalue weighted by Gasteiger charge is -2.12. The van der Waals surface area contributed by atoms with Crippen molar-refractivity contribution in [2.45, 2.75) is 31.3 Å². The Balaban J connectivity index is 1.60. The van der Waals surface area contributed by atoms with Gasteiger partial charge in [0.05, 0.1) is 5.69 Å². The maximum absolute atomic E-state index is 4.33. The first-order valence-corrected chi connectivity index (χ1v) is 6.41. The summed E-state index contributed by atoms with van der Waals surface area (Å²) in [6, 6.07) is 11.5. The summed E-state index contributed by atoms with van der Waals surface area (Å²) < 4.78 is 0. The first-order valence-electron chi connectivity index (χ1n) is 6.41. The maximum atomic E-state index is 4.33. The SMILES string of the molecule is CC(NC1CC1c1ccccc1)c1cnccn1. The molecular formula is C15H17N3. The molecule has 18 heavy (non-hydrogen) atoms. The number of benzene rings is 1. The monoisotopic (exact) mass is 239 g/mol. The highest BCUT2D eigenvalue weighted by atomic mass is 15.0. The number of rotatable bonds is 4. The summed E-state index contributed by atoms with van der Waals surface area (Å²) in [5.74, 6) is 0.658. The minimum Gasteiger partial charge on any atom is -0.305 e. The van der Waals surface area contributed by atoms with Crippen LogP contribution in [0.1, 0.15) is 36.6 Å². The van der Waals surface area contributed by atoms with Crippen molar-refractivity contribution in [2.75, 3.05) is 0 Å². The highest BCUT2D eigenvalue weighted by Crippen LogP contribution is 2.41. The van der Waals surface area contributed by atoms with Crippen molar-refractivity contribution in [2.24, 2.45) is 0 Å². The van der Waals surface area contributed by atoms with E-state index in [2.05, 4.69) is 52.5 Å². The van der Waals surface area contributed by atoms with Gasteiger partial charge in [-0.3, -0.25) is 9.97 Å². The van der Waals surface area contributed by atoms with E-state index in [-0.39, 0.29) is 6.04 Å². The van der Waals surface area contributed by atoms with Crippen LogP contribution in [0.4, 0.5) is 0 Å². The minimum atomic E-state index is 0.261. The Labute approximate surface area is 107 Å². The van der Waals surface area contributed by atoms with Gasteiger partial charge < -0.3 is 5.32 Å². The molecule has 1 saturated carbocycles. The average molecular weight is 239 g/mol. The fourth-order valence-electron chi connectivity index (χ4n) is 2.39. The zero-order valence-corrected chi connectivity index (χ0v) is 10.5. The molecule has 3 atom stereocenters. The van der Waals surface area contributed by atoms with Gasteiger partial charge in [0, 0.05) is 36.6 Å². The molecule has 0 spiro atoms. The fraction of sp³-hybridized carbons (Fsp3) is 0.333. The third kappa shape index (κ3) is 2.41. The molecule has 1 heterocycles. The molecule has 1 fully saturated rings. The number of hydrogen-bond donors (Lipinski definition) is 1. The quantitative estimate of drug-likeness (QED) is 0.891.